The normalized spacial score (nSPS) is 37.2. The smallest absolute Gasteiger partial charge is 0.178 e. The fourth-order valence-corrected chi connectivity index (χ4v) is 6.76. The van der Waals surface area contributed by atoms with E-state index in [2.05, 4.69) is 57.2 Å². The molecular formula is C27H36O. The number of hydrogen-bond donors (Lipinski definition) is 0. The van der Waals surface area contributed by atoms with Gasteiger partial charge in [-0.3, -0.25) is 4.79 Å². The van der Waals surface area contributed by atoms with E-state index >= 15 is 0 Å². The van der Waals surface area contributed by atoms with Gasteiger partial charge in [0, 0.05) is 5.41 Å². The summed E-state index contributed by atoms with van der Waals surface area (Å²) in [5.41, 5.74) is 3.47. The third-order valence-corrected chi connectivity index (χ3v) is 8.71. The SMILES string of the molecule is CC[C@@]1(C)CC[C@H]2C(CCC3=CC(=O)C=C[C@@]32C)[C@@H]1CCCc1ccccc1. The van der Waals surface area contributed by atoms with Gasteiger partial charge in [-0.1, -0.05) is 69.2 Å². The lowest BCUT2D eigenvalue weighted by Crippen LogP contribution is -2.49. The molecule has 1 heteroatoms. The Morgan fingerprint density at radius 3 is 2.64 bits per heavy atom. The quantitative estimate of drug-likeness (QED) is 0.544. The number of fused-ring (bicyclic) bond motifs is 3. The summed E-state index contributed by atoms with van der Waals surface area (Å²) in [5.74, 6) is 2.51. The Labute approximate surface area is 171 Å². The zero-order chi connectivity index (χ0) is 19.8. The van der Waals surface area contributed by atoms with Crippen LogP contribution in [0.25, 0.3) is 0 Å². The second kappa shape index (κ2) is 7.65. The number of allylic oxidation sites excluding steroid dienone is 4. The van der Waals surface area contributed by atoms with Crippen molar-refractivity contribution in [1.82, 2.24) is 0 Å². The van der Waals surface area contributed by atoms with Crippen molar-refractivity contribution in [2.75, 3.05) is 0 Å². The first-order valence-corrected chi connectivity index (χ1v) is 11.4. The second-order valence-electron chi connectivity index (χ2n) is 10.0. The number of carbonyl (C=O) groups excluding carboxylic acids is 1. The highest BCUT2D eigenvalue weighted by molar-refractivity contribution is 6.01. The van der Waals surface area contributed by atoms with Crippen molar-refractivity contribution in [3.63, 3.8) is 0 Å². The molecule has 0 spiro atoms. The van der Waals surface area contributed by atoms with Crippen molar-refractivity contribution in [3.05, 3.63) is 59.7 Å². The van der Waals surface area contributed by atoms with E-state index in [1.807, 2.05) is 12.2 Å². The van der Waals surface area contributed by atoms with Gasteiger partial charge in [0.1, 0.15) is 0 Å². The topological polar surface area (TPSA) is 17.1 Å². The van der Waals surface area contributed by atoms with E-state index in [1.165, 1.54) is 56.1 Å². The third-order valence-electron chi connectivity index (χ3n) is 8.71. The van der Waals surface area contributed by atoms with E-state index in [0.717, 1.165) is 18.3 Å². The Morgan fingerprint density at radius 1 is 1.11 bits per heavy atom. The van der Waals surface area contributed by atoms with Crippen molar-refractivity contribution in [1.29, 1.82) is 0 Å². The van der Waals surface area contributed by atoms with Gasteiger partial charge in [-0.2, -0.15) is 0 Å². The van der Waals surface area contributed by atoms with Gasteiger partial charge in [-0.15, -0.1) is 0 Å². The van der Waals surface area contributed by atoms with Crippen LogP contribution in [-0.4, -0.2) is 5.78 Å². The Morgan fingerprint density at radius 2 is 1.89 bits per heavy atom. The van der Waals surface area contributed by atoms with Gasteiger partial charge in [0.15, 0.2) is 5.78 Å². The molecule has 28 heavy (non-hydrogen) atoms. The molecule has 0 bridgehead atoms. The Hall–Kier alpha value is -1.63. The first-order valence-electron chi connectivity index (χ1n) is 11.4. The van der Waals surface area contributed by atoms with Crippen molar-refractivity contribution in [3.8, 4) is 0 Å². The lowest BCUT2D eigenvalue weighted by molar-refractivity contribution is -0.111. The molecule has 1 aromatic rings. The van der Waals surface area contributed by atoms with Gasteiger partial charge in [0.2, 0.25) is 0 Å². The Kier molecular flexibility index (Phi) is 5.38. The highest BCUT2D eigenvalue weighted by Crippen LogP contribution is 2.62. The van der Waals surface area contributed by atoms with Crippen LogP contribution >= 0.6 is 0 Å². The largest absolute Gasteiger partial charge is 0.290 e. The first-order chi connectivity index (χ1) is 13.5. The molecule has 0 aromatic heterocycles. The number of hydrogen-bond acceptors (Lipinski definition) is 1. The fourth-order valence-electron chi connectivity index (χ4n) is 6.76. The molecule has 3 aliphatic rings. The van der Waals surface area contributed by atoms with Gasteiger partial charge < -0.3 is 0 Å². The summed E-state index contributed by atoms with van der Waals surface area (Å²) in [6, 6.07) is 11.0. The average Bonchev–Trinajstić information content (AvgIpc) is 2.71. The lowest BCUT2D eigenvalue weighted by Gasteiger charge is -2.58. The predicted octanol–water partition coefficient (Wildman–Crippen LogP) is 6.93. The summed E-state index contributed by atoms with van der Waals surface area (Å²) in [5, 5.41) is 0. The van der Waals surface area contributed by atoms with Crippen LogP contribution in [0.4, 0.5) is 0 Å². The van der Waals surface area contributed by atoms with E-state index in [-0.39, 0.29) is 11.2 Å². The molecule has 1 nitrogen and oxygen atoms in total. The van der Waals surface area contributed by atoms with Crippen LogP contribution in [-0.2, 0) is 11.2 Å². The standard InChI is InChI=1S/C27H36O/c1-4-26(2)17-16-25-23(14-13-21-19-22(28)15-18-27(21,25)3)24(26)12-8-11-20-9-6-5-7-10-20/h5-7,9-10,15,18-19,23-25H,4,8,11-14,16-17H2,1-3H3/t23?,24-,25-,26-,27-/m0/s1. The number of carbonyl (C=O) groups is 1. The molecule has 3 aliphatic carbocycles. The van der Waals surface area contributed by atoms with Crippen molar-refractivity contribution < 1.29 is 4.79 Å². The zero-order valence-electron chi connectivity index (χ0n) is 17.9. The Balaban J connectivity index is 1.54. The summed E-state index contributed by atoms with van der Waals surface area (Å²) in [6.45, 7) is 7.37. The lowest BCUT2D eigenvalue weighted by atomic mass is 9.47. The van der Waals surface area contributed by atoms with Gasteiger partial charge in [-0.25, -0.2) is 0 Å². The molecule has 150 valence electrons. The summed E-state index contributed by atoms with van der Waals surface area (Å²) >= 11 is 0. The minimum absolute atomic E-state index is 0.115. The Bertz CT molecular complexity index is 773. The van der Waals surface area contributed by atoms with E-state index < -0.39 is 0 Å². The molecule has 4 rings (SSSR count). The van der Waals surface area contributed by atoms with Crippen molar-refractivity contribution in [2.45, 2.75) is 72.1 Å². The molecule has 0 N–H and O–H groups in total. The first kappa shape index (κ1) is 19.7. The highest BCUT2D eigenvalue weighted by Gasteiger charge is 2.53. The molecule has 0 amide bonds. The van der Waals surface area contributed by atoms with E-state index in [4.69, 9.17) is 0 Å². The minimum Gasteiger partial charge on any atom is -0.290 e. The molecule has 0 heterocycles. The van der Waals surface area contributed by atoms with Crippen LogP contribution in [0.2, 0.25) is 0 Å². The van der Waals surface area contributed by atoms with Crippen molar-refractivity contribution in [2.24, 2.45) is 28.6 Å². The summed E-state index contributed by atoms with van der Waals surface area (Å²) in [6.07, 6.45) is 16.2. The monoisotopic (exact) mass is 376 g/mol. The minimum atomic E-state index is 0.115. The maximum atomic E-state index is 11.9. The van der Waals surface area contributed by atoms with Crippen LogP contribution in [0.1, 0.15) is 71.3 Å². The molecule has 1 unspecified atom stereocenters. The van der Waals surface area contributed by atoms with Crippen LogP contribution in [0.3, 0.4) is 0 Å². The summed E-state index contributed by atoms with van der Waals surface area (Å²) < 4.78 is 0. The zero-order valence-corrected chi connectivity index (χ0v) is 17.9. The van der Waals surface area contributed by atoms with Gasteiger partial charge in [0.05, 0.1) is 0 Å². The molecule has 0 aliphatic heterocycles. The number of aryl methyl sites for hydroxylation is 1. The van der Waals surface area contributed by atoms with Crippen LogP contribution in [0, 0.1) is 28.6 Å². The number of rotatable bonds is 5. The maximum absolute atomic E-state index is 11.9. The predicted molar refractivity (Wildman–Crippen MR) is 117 cm³/mol. The maximum Gasteiger partial charge on any atom is 0.178 e. The van der Waals surface area contributed by atoms with Gasteiger partial charge >= 0.3 is 0 Å². The summed E-state index contributed by atoms with van der Waals surface area (Å²) in [7, 11) is 0. The van der Waals surface area contributed by atoms with E-state index in [9.17, 15) is 4.79 Å². The van der Waals surface area contributed by atoms with Gasteiger partial charge in [0.25, 0.3) is 0 Å². The average molecular weight is 377 g/mol. The highest BCUT2D eigenvalue weighted by atomic mass is 16.1. The molecular weight excluding hydrogens is 340 g/mol. The third kappa shape index (κ3) is 3.42. The summed E-state index contributed by atoms with van der Waals surface area (Å²) in [4.78, 5) is 11.9. The van der Waals surface area contributed by atoms with E-state index in [1.54, 1.807) is 0 Å². The van der Waals surface area contributed by atoms with Crippen LogP contribution in [0.5, 0.6) is 0 Å². The van der Waals surface area contributed by atoms with Gasteiger partial charge in [-0.05, 0) is 85.8 Å². The van der Waals surface area contributed by atoms with Crippen LogP contribution in [0.15, 0.2) is 54.1 Å². The molecule has 5 atom stereocenters. The molecule has 1 aromatic carbocycles. The molecule has 2 saturated carbocycles. The van der Waals surface area contributed by atoms with Crippen molar-refractivity contribution >= 4 is 5.78 Å². The molecule has 0 radical (unpaired) electrons. The van der Waals surface area contributed by atoms with Crippen LogP contribution < -0.4 is 0 Å². The fraction of sp³-hybridized carbons (Fsp3) is 0.593. The number of ketones is 1. The van der Waals surface area contributed by atoms with E-state index in [0.29, 0.717) is 11.3 Å². The second-order valence-corrected chi connectivity index (χ2v) is 10.0. The number of benzene rings is 1. The molecule has 0 saturated heterocycles. The molecule has 2 fully saturated rings.